The molecule has 0 aliphatic carbocycles. The van der Waals surface area contributed by atoms with Gasteiger partial charge in [-0.1, -0.05) is 12.1 Å². The van der Waals surface area contributed by atoms with Crippen molar-refractivity contribution in [2.45, 2.75) is 5.75 Å². The molecule has 1 aromatic carbocycles. The summed E-state index contributed by atoms with van der Waals surface area (Å²) in [7, 11) is -3.54. The maximum absolute atomic E-state index is 11.7. The minimum absolute atomic E-state index is 0.229. The van der Waals surface area contributed by atoms with E-state index in [4.69, 9.17) is 5.14 Å². The number of anilines is 1. The molecule has 0 fully saturated rings. The fourth-order valence-corrected chi connectivity index (χ4v) is 2.63. The molecule has 0 aliphatic heterocycles. The Balaban J connectivity index is 2.05. The van der Waals surface area contributed by atoms with Crippen LogP contribution in [0.4, 0.5) is 5.69 Å². The van der Waals surface area contributed by atoms with E-state index in [9.17, 15) is 13.2 Å². The van der Waals surface area contributed by atoms with Crippen molar-refractivity contribution < 1.29 is 13.2 Å². The first-order chi connectivity index (χ1) is 8.94. The number of carbonyl (C=O) groups is 1. The van der Waals surface area contributed by atoms with E-state index in [1.165, 1.54) is 11.3 Å². The van der Waals surface area contributed by atoms with E-state index in [0.29, 0.717) is 16.9 Å². The van der Waals surface area contributed by atoms with Crippen LogP contribution in [0.5, 0.6) is 0 Å². The number of aromatic nitrogens is 1. The van der Waals surface area contributed by atoms with Gasteiger partial charge in [0, 0.05) is 11.1 Å². The fraction of sp³-hybridized carbons (Fsp3) is 0.0909. The molecule has 0 aliphatic rings. The summed E-state index contributed by atoms with van der Waals surface area (Å²) in [6.07, 6.45) is 0. The van der Waals surface area contributed by atoms with E-state index in [0.717, 1.165) is 0 Å². The van der Waals surface area contributed by atoms with Crippen LogP contribution in [-0.4, -0.2) is 19.3 Å². The van der Waals surface area contributed by atoms with Crippen molar-refractivity contribution in [3.8, 4) is 0 Å². The van der Waals surface area contributed by atoms with Gasteiger partial charge in [-0.3, -0.25) is 4.79 Å². The van der Waals surface area contributed by atoms with E-state index < -0.39 is 10.0 Å². The van der Waals surface area contributed by atoms with Gasteiger partial charge in [0.05, 0.1) is 11.3 Å². The van der Waals surface area contributed by atoms with E-state index in [1.807, 2.05) is 0 Å². The number of hydrogen-bond acceptors (Lipinski definition) is 5. The van der Waals surface area contributed by atoms with Crippen LogP contribution in [0.1, 0.15) is 16.1 Å². The SMILES string of the molecule is NS(=O)(=O)Cc1ccc(NC(=O)c2cscn2)cc1. The monoisotopic (exact) mass is 297 g/mol. The predicted octanol–water partition coefficient (Wildman–Crippen LogP) is 1.18. The van der Waals surface area contributed by atoms with Crippen LogP contribution in [0.3, 0.4) is 0 Å². The third kappa shape index (κ3) is 4.12. The van der Waals surface area contributed by atoms with Crippen LogP contribution in [0.2, 0.25) is 0 Å². The summed E-state index contributed by atoms with van der Waals surface area (Å²) in [5.41, 5.74) is 3.05. The Morgan fingerprint density at radius 1 is 1.32 bits per heavy atom. The Bertz CT molecular complexity index is 664. The molecule has 1 aromatic heterocycles. The summed E-state index contributed by atoms with van der Waals surface area (Å²) < 4.78 is 21.8. The van der Waals surface area contributed by atoms with Crippen molar-refractivity contribution in [3.63, 3.8) is 0 Å². The second-order valence-electron chi connectivity index (χ2n) is 3.83. The van der Waals surface area contributed by atoms with Crippen molar-refractivity contribution in [1.82, 2.24) is 4.98 Å². The molecule has 2 aromatic rings. The molecule has 3 N–H and O–H groups in total. The van der Waals surface area contributed by atoms with Crippen molar-refractivity contribution in [3.05, 3.63) is 46.4 Å². The van der Waals surface area contributed by atoms with Gasteiger partial charge in [0.2, 0.25) is 10.0 Å². The van der Waals surface area contributed by atoms with Gasteiger partial charge in [-0.15, -0.1) is 11.3 Å². The summed E-state index contributed by atoms with van der Waals surface area (Å²) >= 11 is 1.33. The van der Waals surface area contributed by atoms with Crippen molar-refractivity contribution in [2.24, 2.45) is 5.14 Å². The largest absolute Gasteiger partial charge is 0.321 e. The lowest BCUT2D eigenvalue weighted by atomic mass is 10.2. The number of nitrogens with zero attached hydrogens (tertiary/aromatic N) is 1. The Morgan fingerprint density at radius 2 is 2.00 bits per heavy atom. The molecule has 0 atom stereocenters. The van der Waals surface area contributed by atoms with Crippen LogP contribution in [0, 0.1) is 0 Å². The fourth-order valence-electron chi connectivity index (χ4n) is 1.44. The first-order valence-electron chi connectivity index (χ1n) is 5.23. The van der Waals surface area contributed by atoms with Crippen LogP contribution in [0.25, 0.3) is 0 Å². The minimum atomic E-state index is -3.54. The van der Waals surface area contributed by atoms with Gasteiger partial charge < -0.3 is 5.32 Å². The van der Waals surface area contributed by atoms with Crippen LogP contribution in [-0.2, 0) is 15.8 Å². The van der Waals surface area contributed by atoms with Gasteiger partial charge in [0.25, 0.3) is 5.91 Å². The van der Waals surface area contributed by atoms with Crippen LogP contribution >= 0.6 is 11.3 Å². The zero-order valence-corrected chi connectivity index (χ0v) is 11.4. The smallest absolute Gasteiger partial charge is 0.275 e. The Hall–Kier alpha value is -1.77. The molecule has 0 saturated heterocycles. The lowest BCUT2D eigenvalue weighted by Crippen LogP contribution is -2.15. The molecule has 19 heavy (non-hydrogen) atoms. The molecule has 0 unspecified atom stereocenters. The molecule has 0 saturated carbocycles. The van der Waals surface area contributed by atoms with Gasteiger partial charge in [0.1, 0.15) is 5.69 Å². The van der Waals surface area contributed by atoms with Gasteiger partial charge in [0.15, 0.2) is 0 Å². The predicted molar refractivity (Wildman–Crippen MR) is 73.3 cm³/mol. The summed E-state index contributed by atoms with van der Waals surface area (Å²) in [6.45, 7) is 0. The number of benzene rings is 1. The molecule has 0 spiro atoms. The van der Waals surface area contributed by atoms with Crippen molar-refractivity contribution >= 4 is 33.0 Å². The van der Waals surface area contributed by atoms with E-state index in [1.54, 1.807) is 35.2 Å². The number of thiazole rings is 1. The first-order valence-corrected chi connectivity index (χ1v) is 7.89. The first kappa shape index (κ1) is 13.7. The zero-order chi connectivity index (χ0) is 13.9. The average Bonchev–Trinajstić information content (AvgIpc) is 2.83. The number of rotatable bonds is 4. The normalized spacial score (nSPS) is 11.2. The molecule has 100 valence electrons. The lowest BCUT2D eigenvalue weighted by molar-refractivity contribution is 0.102. The summed E-state index contributed by atoms with van der Waals surface area (Å²) in [5.74, 6) is -0.534. The zero-order valence-electron chi connectivity index (χ0n) is 9.74. The number of hydrogen-bond donors (Lipinski definition) is 2. The molecular formula is C11H11N3O3S2. The molecule has 2 rings (SSSR count). The van der Waals surface area contributed by atoms with E-state index in [2.05, 4.69) is 10.3 Å². The average molecular weight is 297 g/mol. The minimum Gasteiger partial charge on any atom is -0.321 e. The maximum atomic E-state index is 11.7. The Labute approximate surface area is 114 Å². The highest BCUT2D eigenvalue weighted by atomic mass is 32.2. The number of nitrogens with two attached hydrogens (primary N) is 1. The third-order valence-electron chi connectivity index (χ3n) is 2.24. The van der Waals surface area contributed by atoms with Gasteiger partial charge in [-0.05, 0) is 17.7 Å². The second kappa shape index (κ2) is 5.47. The topological polar surface area (TPSA) is 102 Å². The maximum Gasteiger partial charge on any atom is 0.275 e. The number of amides is 1. The summed E-state index contributed by atoms with van der Waals surface area (Å²) in [4.78, 5) is 15.6. The Kier molecular flexibility index (Phi) is 3.93. The standard InChI is InChI=1S/C11H11N3O3S2/c12-19(16,17)6-8-1-3-9(4-2-8)14-11(15)10-5-18-7-13-10/h1-5,7H,6H2,(H,14,15)(H2,12,16,17). The molecule has 1 amide bonds. The number of sulfonamides is 1. The number of primary sulfonamides is 1. The molecule has 6 nitrogen and oxygen atoms in total. The highest BCUT2D eigenvalue weighted by Gasteiger charge is 2.08. The molecule has 1 heterocycles. The highest BCUT2D eigenvalue weighted by Crippen LogP contribution is 2.12. The van der Waals surface area contributed by atoms with Gasteiger partial charge >= 0.3 is 0 Å². The van der Waals surface area contributed by atoms with E-state index in [-0.39, 0.29) is 11.7 Å². The lowest BCUT2D eigenvalue weighted by Gasteiger charge is -2.04. The molecule has 0 radical (unpaired) electrons. The van der Waals surface area contributed by atoms with Gasteiger partial charge in [-0.25, -0.2) is 18.5 Å². The Morgan fingerprint density at radius 3 is 2.53 bits per heavy atom. The quantitative estimate of drug-likeness (QED) is 0.884. The summed E-state index contributed by atoms with van der Waals surface area (Å²) in [5, 5.41) is 9.25. The third-order valence-corrected chi connectivity index (χ3v) is 3.57. The van der Waals surface area contributed by atoms with Crippen molar-refractivity contribution in [1.29, 1.82) is 0 Å². The van der Waals surface area contributed by atoms with E-state index >= 15 is 0 Å². The summed E-state index contributed by atoms with van der Waals surface area (Å²) in [6, 6.07) is 6.43. The second-order valence-corrected chi connectivity index (χ2v) is 6.17. The van der Waals surface area contributed by atoms with Crippen molar-refractivity contribution in [2.75, 3.05) is 5.32 Å². The van der Waals surface area contributed by atoms with Gasteiger partial charge in [-0.2, -0.15) is 0 Å². The van der Waals surface area contributed by atoms with Crippen LogP contribution in [0.15, 0.2) is 35.2 Å². The number of carbonyl (C=O) groups excluding carboxylic acids is 1. The molecule has 0 bridgehead atoms. The van der Waals surface area contributed by atoms with Crippen LogP contribution < -0.4 is 10.5 Å². The number of nitrogens with one attached hydrogen (secondary N) is 1. The molecular weight excluding hydrogens is 286 g/mol. The highest BCUT2D eigenvalue weighted by molar-refractivity contribution is 7.88. The molecule has 8 heteroatoms.